The molecule has 1 aromatic carbocycles. The number of benzene rings is 1. The SMILES string of the molecule is CC(=CCCl)c1ccc(Cl)cc1. The van der Waals surface area contributed by atoms with Crippen molar-refractivity contribution in [1.29, 1.82) is 0 Å². The van der Waals surface area contributed by atoms with Gasteiger partial charge in [0.05, 0.1) is 0 Å². The fourth-order valence-electron chi connectivity index (χ4n) is 0.946. The minimum absolute atomic E-state index is 0.550. The summed E-state index contributed by atoms with van der Waals surface area (Å²) in [5.74, 6) is 0.550. The molecule has 0 amide bonds. The molecule has 0 spiro atoms. The summed E-state index contributed by atoms with van der Waals surface area (Å²) in [5, 5.41) is 0.762. The van der Waals surface area contributed by atoms with Crippen LogP contribution in [0, 0.1) is 0 Å². The van der Waals surface area contributed by atoms with E-state index in [1.807, 2.05) is 37.3 Å². The first-order valence-corrected chi connectivity index (χ1v) is 4.64. The van der Waals surface area contributed by atoms with Crippen molar-refractivity contribution in [2.24, 2.45) is 0 Å². The molecule has 0 unspecified atom stereocenters. The lowest BCUT2D eigenvalue weighted by molar-refractivity contribution is 1.54. The Hall–Kier alpha value is -0.460. The van der Waals surface area contributed by atoms with Crippen LogP contribution in [0.4, 0.5) is 0 Å². The predicted molar refractivity (Wildman–Crippen MR) is 55.8 cm³/mol. The van der Waals surface area contributed by atoms with Gasteiger partial charge < -0.3 is 0 Å². The molecule has 0 saturated carbocycles. The zero-order valence-corrected chi connectivity index (χ0v) is 8.36. The molecule has 64 valence electrons. The molecule has 0 nitrogen and oxygen atoms in total. The summed E-state index contributed by atoms with van der Waals surface area (Å²) in [4.78, 5) is 0. The van der Waals surface area contributed by atoms with Crippen molar-refractivity contribution in [3.63, 3.8) is 0 Å². The van der Waals surface area contributed by atoms with E-state index < -0.39 is 0 Å². The first-order chi connectivity index (χ1) is 5.74. The Morgan fingerprint density at radius 1 is 1.33 bits per heavy atom. The van der Waals surface area contributed by atoms with Crippen LogP contribution in [0.25, 0.3) is 5.57 Å². The second-order valence-electron chi connectivity index (χ2n) is 2.55. The molecule has 1 aromatic rings. The second-order valence-corrected chi connectivity index (χ2v) is 3.29. The van der Waals surface area contributed by atoms with E-state index in [1.165, 1.54) is 11.1 Å². The summed E-state index contributed by atoms with van der Waals surface area (Å²) in [5.41, 5.74) is 2.35. The summed E-state index contributed by atoms with van der Waals surface area (Å²) < 4.78 is 0. The average molecular weight is 201 g/mol. The molecule has 0 fully saturated rings. The molecule has 12 heavy (non-hydrogen) atoms. The number of hydrogen-bond acceptors (Lipinski definition) is 0. The van der Waals surface area contributed by atoms with Gasteiger partial charge in [0.15, 0.2) is 0 Å². The zero-order chi connectivity index (χ0) is 8.97. The molecular formula is C10H10Cl2. The van der Waals surface area contributed by atoms with Crippen molar-refractivity contribution in [2.75, 3.05) is 5.88 Å². The number of halogens is 2. The molecular weight excluding hydrogens is 191 g/mol. The molecule has 0 atom stereocenters. The highest BCUT2D eigenvalue weighted by Gasteiger charge is 1.93. The van der Waals surface area contributed by atoms with E-state index in [1.54, 1.807) is 0 Å². The normalized spacial score (nSPS) is 11.8. The first kappa shape index (κ1) is 9.63. The number of hydrogen-bond donors (Lipinski definition) is 0. The third-order valence-electron chi connectivity index (χ3n) is 1.68. The Morgan fingerprint density at radius 3 is 2.42 bits per heavy atom. The van der Waals surface area contributed by atoms with Crippen LogP contribution in [-0.4, -0.2) is 5.88 Å². The summed E-state index contributed by atoms with van der Waals surface area (Å²) in [7, 11) is 0. The van der Waals surface area contributed by atoms with Gasteiger partial charge in [-0.05, 0) is 30.2 Å². The highest BCUT2D eigenvalue weighted by Crippen LogP contribution is 2.16. The van der Waals surface area contributed by atoms with E-state index in [9.17, 15) is 0 Å². The van der Waals surface area contributed by atoms with E-state index in [2.05, 4.69) is 0 Å². The summed E-state index contributed by atoms with van der Waals surface area (Å²) in [6, 6.07) is 7.73. The van der Waals surface area contributed by atoms with Crippen LogP contribution in [-0.2, 0) is 0 Å². The molecule has 0 radical (unpaired) electrons. The maximum atomic E-state index is 5.75. The van der Waals surface area contributed by atoms with Gasteiger partial charge in [-0.25, -0.2) is 0 Å². The smallest absolute Gasteiger partial charge is 0.0409 e. The van der Waals surface area contributed by atoms with E-state index in [4.69, 9.17) is 23.2 Å². The summed E-state index contributed by atoms with van der Waals surface area (Å²) in [6.07, 6.45) is 1.98. The van der Waals surface area contributed by atoms with Gasteiger partial charge in [0.2, 0.25) is 0 Å². The molecule has 0 aliphatic rings. The maximum Gasteiger partial charge on any atom is 0.0409 e. The molecule has 0 saturated heterocycles. The lowest BCUT2D eigenvalue weighted by atomic mass is 10.1. The fourth-order valence-corrected chi connectivity index (χ4v) is 1.30. The maximum absolute atomic E-state index is 5.75. The molecule has 0 bridgehead atoms. The molecule has 0 N–H and O–H groups in total. The molecule has 0 heterocycles. The standard InChI is InChI=1S/C10H10Cl2/c1-8(6-7-11)9-2-4-10(12)5-3-9/h2-6H,7H2,1H3. The zero-order valence-electron chi connectivity index (χ0n) is 6.85. The largest absolute Gasteiger partial charge is 0.122 e. The molecule has 0 aliphatic carbocycles. The average Bonchev–Trinajstić information content (AvgIpc) is 2.06. The van der Waals surface area contributed by atoms with Crippen molar-refractivity contribution in [2.45, 2.75) is 6.92 Å². The van der Waals surface area contributed by atoms with Crippen LogP contribution in [0.3, 0.4) is 0 Å². The van der Waals surface area contributed by atoms with Gasteiger partial charge in [0, 0.05) is 10.9 Å². The molecule has 0 aromatic heterocycles. The van der Waals surface area contributed by atoms with Crippen molar-refractivity contribution >= 4 is 28.8 Å². The fraction of sp³-hybridized carbons (Fsp3) is 0.200. The molecule has 1 rings (SSSR count). The minimum atomic E-state index is 0.550. The van der Waals surface area contributed by atoms with Crippen LogP contribution in [0.1, 0.15) is 12.5 Å². The van der Waals surface area contributed by atoms with Gasteiger partial charge in [-0.3, -0.25) is 0 Å². The Bertz CT molecular complexity index is 272. The third-order valence-corrected chi connectivity index (χ3v) is 2.09. The predicted octanol–water partition coefficient (Wildman–Crippen LogP) is 3.98. The minimum Gasteiger partial charge on any atom is -0.122 e. The molecule has 0 aliphatic heterocycles. The van der Waals surface area contributed by atoms with Gasteiger partial charge in [-0.1, -0.05) is 29.8 Å². The van der Waals surface area contributed by atoms with Crippen molar-refractivity contribution in [3.05, 3.63) is 40.9 Å². The van der Waals surface area contributed by atoms with Crippen molar-refractivity contribution < 1.29 is 0 Å². The van der Waals surface area contributed by atoms with Crippen LogP contribution in [0.5, 0.6) is 0 Å². The second kappa shape index (κ2) is 4.54. The van der Waals surface area contributed by atoms with E-state index in [0.717, 1.165) is 5.02 Å². The number of alkyl halides is 1. The van der Waals surface area contributed by atoms with E-state index in [-0.39, 0.29) is 0 Å². The topological polar surface area (TPSA) is 0 Å². The summed E-state index contributed by atoms with van der Waals surface area (Å²) >= 11 is 11.3. The monoisotopic (exact) mass is 200 g/mol. The van der Waals surface area contributed by atoms with Crippen LogP contribution in [0.15, 0.2) is 30.3 Å². The van der Waals surface area contributed by atoms with E-state index >= 15 is 0 Å². The Balaban J connectivity index is 2.89. The highest BCUT2D eigenvalue weighted by atomic mass is 35.5. The van der Waals surface area contributed by atoms with E-state index in [0.29, 0.717) is 5.88 Å². The number of rotatable bonds is 2. The number of allylic oxidation sites excluding steroid dienone is 2. The molecule has 2 heteroatoms. The Kier molecular flexibility index (Phi) is 3.64. The van der Waals surface area contributed by atoms with Crippen molar-refractivity contribution in [3.8, 4) is 0 Å². The van der Waals surface area contributed by atoms with Gasteiger partial charge in [-0.2, -0.15) is 0 Å². The van der Waals surface area contributed by atoms with Gasteiger partial charge >= 0.3 is 0 Å². The van der Waals surface area contributed by atoms with Crippen LogP contribution < -0.4 is 0 Å². The first-order valence-electron chi connectivity index (χ1n) is 3.72. The Labute approximate surface area is 82.8 Å². The highest BCUT2D eigenvalue weighted by molar-refractivity contribution is 6.30. The quantitative estimate of drug-likeness (QED) is 0.634. The summed E-state index contributed by atoms with van der Waals surface area (Å²) in [6.45, 7) is 2.03. The van der Waals surface area contributed by atoms with Crippen LogP contribution >= 0.6 is 23.2 Å². The Morgan fingerprint density at radius 2 is 1.92 bits per heavy atom. The van der Waals surface area contributed by atoms with Gasteiger partial charge in [0.1, 0.15) is 0 Å². The third kappa shape index (κ3) is 2.54. The lowest BCUT2D eigenvalue weighted by Crippen LogP contribution is -1.78. The lowest BCUT2D eigenvalue weighted by Gasteiger charge is -1.99. The van der Waals surface area contributed by atoms with Crippen molar-refractivity contribution in [1.82, 2.24) is 0 Å². The van der Waals surface area contributed by atoms with Crippen LogP contribution in [0.2, 0.25) is 5.02 Å². The van der Waals surface area contributed by atoms with Gasteiger partial charge in [0.25, 0.3) is 0 Å². The van der Waals surface area contributed by atoms with Gasteiger partial charge in [-0.15, -0.1) is 11.6 Å².